The van der Waals surface area contributed by atoms with Crippen LogP contribution in [0.2, 0.25) is 0 Å². The predicted octanol–water partition coefficient (Wildman–Crippen LogP) is 4.30. The van der Waals surface area contributed by atoms with Gasteiger partial charge in [0.05, 0.1) is 12.7 Å². The molecule has 27 heavy (non-hydrogen) atoms. The van der Waals surface area contributed by atoms with Crippen molar-refractivity contribution in [2.24, 2.45) is 0 Å². The summed E-state index contributed by atoms with van der Waals surface area (Å²) < 4.78 is 24.0. The number of esters is 1. The lowest BCUT2D eigenvalue weighted by molar-refractivity contribution is -0.152. The van der Waals surface area contributed by atoms with Crippen LogP contribution < -0.4 is 5.32 Å². The summed E-state index contributed by atoms with van der Waals surface area (Å²) in [7, 11) is 0. The zero-order chi connectivity index (χ0) is 19.6. The molecule has 0 aliphatic rings. The lowest BCUT2D eigenvalue weighted by atomic mass is 10.0. The highest BCUT2D eigenvalue weighted by Crippen LogP contribution is 2.27. The van der Waals surface area contributed by atoms with Gasteiger partial charge in [-0.05, 0) is 50.1 Å². The summed E-state index contributed by atoms with van der Waals surface area (Å²) in [4.78, 5) is 24.4. The highest BCUT2D eigenvalue weighted by atomic mass is 19.1. The summed E-state index contributed by atoms with van der Waals surface area (Å²) in [5.74, 6) is -1.54. The number of benzene rings is 2. The highest BCUT2D eigenvalue weighted by molar-refractivity contribution is 5.95. The highest BCUT2D eigenvalue weighted by Gasteiger charge is 2.20. The van der Waals surface area contributed by atoms with Crippen LogP contribution >= 0.6 is 0 Å². The molecule has 0 aliphatic heterocycles. The van der Waals surface area contributed by atoms with Gasteiger partial charge in [0.25, 0.3) is 5.91 Å². The van der Waals surface area contributed by atoms with Gasteiger partial charge < -0.3 is 14.5 Å². The smallest absolute Gasteiger partial charge is 0.311 e. The van der Waals surface area contributed by atoms with Crippen LogP contribution in [0.3, 0.4) is 0 Å². The van der Waals surface area contributed by atoms with Crippen molar-refractivity contribution in [1.29, 1.82) is 0 Å². The van der Waals surface area contributed by atoms with E-state index < -0.39 is 23.8 Å². The molecular formula is C21H20FNO4. The summed E-state index contributed by atoms with van der Waals surface area (Å²) in [6, 6.07) is 9.37. The van der Waals surface area contributed by atoms with Crippen LogP contribution in [-0.4, -0.2) is 18.0 Å². The second kappa shape index (κ2) is 7.61. The maximum absolute atomic E-state index is 13.2. The Hall–Kier alpha value is -3.15. The number of hydrogen-bond acceptors (Lipinski definition) is 4. The SMILES string of the molecule is Cc1ccc2c(CC(=O)O[C@@H](C)C(=O)Nc3cccc(F)c3)coc2c1C. The van der Waals surface area contributed by atoms with Crippen LogP contribution in [0, 0.1) is 19.7 Å². The third-order valence-corrected chi connectivity index (χ3v) is 4.45. The summed E-state index contributed by atoms with van der Waals surface area (Å²) in [6.45, 7) is 5.42. The number of furan rings is 1. The lowest BCUT2D eigenvalue weighted by Gasteiger charge is -2.13. The molecule has 3 aromatic rings. The Morgan fingerprint density at radius 1 is 1.22 bits per heavy atom. The zero-order valence-corrected chi connectivity index (χ0v) is 15.3. The first-order valence-electron chi connectivity index (χ1n) is 8.57. The molecule has 0 unspecified atom stereocenters. The fourth-order valence-corrected chi connectivity index (χ4v) is 2.78. The molecule has 0 saturated heterocycles. The van der Waals surface area contributed by atoms with Crippen molar-refractivity contribution >= 4 is 28.5 Å². The fourth-order valence-electron chi connectivity index (χ4n) is 2.78. The Bertz CT molecular complexity index is 1010. The molecule has 2 aromatic carbocycles. The van der Waals surface area contributed by atoms with Gasteiger partial charge in [0.2, 0.25) is 0 Å². The number of carbonyl (C=O) groups is 2. The number of ether oxygens (including phenoxy) is 1. The molecule has 0 fully saturated rings. The van der Waals surface area contributed by atoms with Crippen LogP contribution in [0.4, 0.5) is 10.1 Å². The summed E-state index contributed by atoms with van der Waals surface area (Å²) in [5.41, 5.74) is 3.88. The third kappa shape index (κ3) is 4.16. The van der Waals surface area contributed by atoms with Crippen molar-refractivity contribution in [2.75, 3.05) is 5.32 Å². The molecule has 0 spiro atoms. The van der Waals surface area contributed by atoms with Crippen molar-refractivity contribution in [3.8, 4) is 0 Å². The maximum Gasteiger partial charge on any atom is 0.311 e. The Kier molecular flexibility index (Phi) is 5.26. The minimum Gasteiger partial charge on any atom is -0.464 e. The van der Waals surface area contributed by atoms with Gasteiger partial charge in [-0.2, -0.15) is 0 Å². The summed E-state index contributed by atoms with van der Waals surface area (Å²) >= 11 is 0. The van der Waals surface area contributed by atoms with Gasteiger partial charge >= 0.3 is 5.97 Å². The molecular weight excluding hydrogens is 349 g/mol. The van der Waals surface area contributed by atoms with E-state index in [4.69, 9.17) is 9.15 Å². The molecule has 1 N–H and O–H groups in total. The Balaban J connectivity index is 1.63. The Morgan fingerprint density at radius 3 is 2.74 bits per heavy atom. The molecule has 6 heteroatoms. The minimum atomic E-state index is -1.01. The first kappa shape index (κ1) is 18.6. The second-order valence-electron chi connectivity index (χ2n) is 6.45. The molecule has 1 amide bonds. The monoisotopic (exact) mass is 369 g/mol. The number of rotatable bonds is 5. The van der Waals surface area contributed by atoms with Crippen LogP contribution in [0.1, 0.15) is 23.6 Å². The lowest BCUT2D eigenvalue weighted by Crippen LogP contribution is -2.30. The number of halogens is 1. The summed E-state index contributed by atoms with van der Waals surface area (Å²) in [6.07, 6.45) is 0.519. The average molecular weight is 369 g/mol. The molecule has 0 aliphatic carbocycles. The van der Waals surface area contributed by atoms with Crippen molar-refractivity contribution in [2.45, 2.75) is 33.3 Å². The van der Waals surface area contributed by atoms with E-state index in [9.17, 15) is 14.0 Å². The number of hydrogen-bond donors (Lipinski definition) is 1. The Labute approximate surface area is 156 Å². The summed E-state index contributed by atoms with van der Waals surface area (Å²) in [5, 5.41) is 3.37. The van der Waals surface area contributed by atoms with Crippen molar-refractivity contribution in [1.82, 2.24) is 0 Å². The van der Waals surface area contributed by atoms with Gasteiger partial charge in [0, 0.05) is 16.6 Å². The maximum atomic E-state index is 13.2. The minimum absolute atomic E-state index is 0.00686. The number of aryl methyl sites for hydroxylation is 2. The number of carbonyl (C=O) groups excluding carboxylic acids is 2. The molecule has 0 saturated carbocycles. The predicted molar refractivity (Wildman–Crippen MR) is 100.0 cm³/mol. The molecule has 1 atom stereocenters. The van der Waals surface area contributed by atoms with Gasteiger partial charge in [-0.1, -0.05) is 18.2 Å². The first-order chi connectivity index (χ1) is 12.8. The van der Waals surface area contributed by atoms with Crippen LogP contribution in [0.15, 0.2) is 47.1 Å². The van der Waals surface area contributed by atoms with E-state index in [1.54, 1.807) is 6.07 Å². The number of fused-ring (bicyclic) bond motifs is 1. The largest absolute Gasteiger partial charge is 0.464 e. The Morgan fingerprint density at radius 2 is 2.00 bits per heavy atom. The molecule has 1 heterocycles. The zero-order valence-electron chi connectivity index (χ0n) is 15.3. The molecule has 1 aromatic heterocycles. The van der Waals surface area contributed by atoms with Crippen molar-refractivity contribution < 1.29 is 23.1 Å². The molecule has 5 nitrogen and oxygen atoms in total. The van der Waals surface area contributed by atoms with Gasteiger partial charge in [-0.25, -0.2) is 4.39 Å². The topological polar surface area (TPSA) is 68.5 Å². The van der Waals surface area contributed by atoms with Gasteiger partial charge in [0.15, 0.2) is 6.10 Å². The normalized spacial score (nSPS) is 12.0. The number of nitrogens with one attached hydrogen (secondary N) is 1. The second-order valence-corrected chi connectivity index (χ2v) is 6.45. The van der Waals surface area contributed by atoms with Crippen LogP contribution in [0.5, 0.6) is 0 Å². The number of amides is 1. The molecule has 3 rings (SSSR count). The number of anilines is 1. The quantitative estimate of drug-likeness (QED) is 0.681. The van der Waals surface area contributed by atoms with E-state index in [1.165, 1.54) is 31.4 Å². The van der Waals surface area contributed by atoms with E-state index in [-0.39, 0.29) is 6.42 Å². The van der Waals surface area contributed by atoms with E-state index in [0.29, 0.717) is 11.3 Å². The van der Waals surface area contributed by atoms with Gasteiger partial charge in [-0.15, -0.1) is 0 Å². The third-order valence-electron chi connectivity index (χ3n) is 4.45. The van der Waals surface area contributed by atoms with E-state index >= 15 is 0 Å². The molecule has 140 valence electrons. The van der Waals surface area contributed by atoms with Crippen LogP contribution in [0.25, 0.3) is 11.0 Å². The average Bonchev–Trinajstić information content (AvgIpc) is 3.01. The van der Waals surface area contributed by atoms with Gasteiger partial charge in [-0.3, -0.25) is 9.59 Å². The van der Waals surface area contributed by atoms with E-state index in [1.807, 2.05) is 26.0 Å². The molecule has 0 radical (unpaired) electrons. The van der Waals surface area contributed by atoms with Crippen molar-refractivity contribution in [3.63, 3.8) is 0 Å². The fraction of sp³-hybridized carbons (Fsp3) is 0.238. The van der Waals surface area contributed by atoms with E-state index in [2.05, 4.69) is 5.32 Å². The van der Waals surface area contributed by atoms with Gasteiger partial charge in [0.1, 0.15) is 11.4 Å². The van der Waals surface area contributed by atoms with Crippen molar-refractivity contribution in [3.05, 3.63) is 65.2 Å². The van der Waals surface area contributed by atoms with E-state index in [0.717, 1.165) is 22.1 Å². The molecule has 0 bridgehead atoms. The standard InChI is InChI=1S/C21H20FNO4/c1-12-7-8-18-15(11-26-20(18)13(12)2)9-19(24)27-14(3)21(25)23-17-6-4-5-16(22)10-17/h4-8,10-11,14H,9H2,1-3H3,(H,23,25)/t14-/m0/s1. The van der Waals surface area contributed by atoms with Crippen LogP contribution in [-0.2, 0) is 20.7 Å². The first-order valence-corrected chi connectivity index (χ1v) is 8.57.